The highest BCUT2D eigenvalue weighted by molar-refractivity contribution is 8.00. The summed E-state index contributed by atoms with van der Waals surface area (Å²) in [6.45, 7) is 6.30. The average Bonchev–Trinajstić information content (AvgIpc) is 2.37. The zero-order chi connectivity index (χ0) is 15.8. The largest absolute Gasteiger partial charge is 0.478 e. The third-order valence-electron chi connectivity index (χ3n) is 3.57. The second-order valence-corrected chi connectivity index (χ2v) is 8.73. The molecule has 1 N–H and O–H groups in total. The maximum Gasteiger partial charge on any atom is 0.335 e. The van der Waals surface area contributed by atoms with Crippen LogP contribution in [0.3, 0.4) is 0 Å². The highest BCUT2D eigenvalue weighted by Gasteiger charge is 2.31. The van der Waals surface area contributed by atoms with Gasteiger partial charge in [0.05, 0.1) is 10.5 Å². The average molecular weight is 329 g/mol. The van der Waals surface area contributed by atoms with Crippen molar-refractivity contribution in [3.63, 3.8) is 0 Å². The number of carboxylic acid groups (broad SMARTS) is 1. The molecule has 1 saturated heterocycles. The summed E-state index contributed by atoms with van der Waals surface area (Å²) in [5.41, 5.74) is 1.20. The number of benzene rings is 1. The molecule has 0 saturated carbocycles. The summed E-state index contributed by atoms with van der Waals surface area (Å²) in [4.78, 5) is 11.3. The second kappa shape index (κ2) is 5.98. The minimum Gasteiger partial charge on any atom is -0.478 e. The van der Waals surface area contributed by atoms with Crippen molar-refractivity contribution in [2.24, 2.45) is 0 Å². The van der Waals surface area contributed by atoms with Crippen LogP contribution in [0, 0.1) is 13.8 Å². The van der Waals surface area contributed by atoms with E-state index in [1.807, 2.05) is 6.92 Å². The van der Waals surface area contributed by atoms with Crippen LogP contribution in [0.25, 0.3) is 0 Å². The fourth-order valence-electron chi connectivity index (χ4n) is 2.48. The van der Waals surface area contributed by atoms with Gasteiger partial charge >= 0.3 is 5.97 Å². The summed E-state index contributed by atoms with van der Waals surface area (Å²) in [5, 5.41) is 9.44. The SMILES string of the molecule is Cc1cc(C)c(S(=O)(=O)N2CCSC(C)C2)cc1C(=O)O. The van der Waals surface area contributed by atoms with Crippen LogP contribution in [0.15, 0.2) is 17.0 Å². The van der Waals surface area contributed by atoms with Gasteiger partial charge < -0.3 is 5.11 Å². The Hall–Kier alpha value is -1.05. The van der Waals surface area contributed by atoms with Gasteiger partial charge in [0.1, 0.15) is 0 Å². The lowest BCUT2D eigenvalue weighted by Crippen LogP contribution is -2.41. The third-order valence-corrected chi connectivity index (χ3v) is 6.72. The van der Waals surface area contributed by atoms with Gasteiger partial charge in [-0.15, -0.1) is 0 Å². The number of nitrogens with zero attached hydrogens (tertiary/aromatic N) is 1. The molecule has 0 spiro atoms. The predicted octanol–water partition coefficient (Wildman–Crippen LogP) is 2.13. The predicted molar refractivity (Wildman–Crippen MR) is 83.6 cm³/mol. The van der Waals surface area contributed by atoms with Crippen molar-refractivity contribution in [2.45, 2.75) is 30.9 Å². The molecule has 0 amide bonds. The Morgan fingerprint density at radius 1 is 1.33 bits per heavy atom. The van der Waals surface area contributed by atoms with Crippen molar-refractivity contribution in [3.8, 4) is 0 Å². The van der Waals surface area contributed by atoms with Gasteiger partial charge in [0, 0.05) is 24.1 Å². The molecule has 1 aliphatic heterocycles. The quantitative estimate of drug-likeness (QED) is 0.919. The van der Waals surface area contributed by atoms with Gasteiger partial charge in [-0.05, 0) is 31.0 Å². The lowest BCUT2D eigenvalue weighted by molar-refractivity contribution is 0.0696. The van der Waals surface area contributed by atoms with Crippen LogP contribution in [0.4, 0.5) is 0 Å². The van der Waals surface area contributed by atoms with Crippen molar-refractivity contribution in [1.82, 2.24) is 4.31 Å². The Kier molecular flexibility index (Phi) is 4.65. The Labute approximate surface area is 129 Å². The third kappa shape index (κ3) is 3.25. The Bertz CT molecular complexity index is 670. The van der Waals surface area contributed by atoms with E-state index >= 15 is 0 Å². The van der Waals surface area contributed by atoms with Gasteiger partial charge in [-0.3, -0.25) is 0 Å². The zero-order valence-corrected chi connectivity index (χ0v) is 13.9. The lowest BCUT2D eigenvalue weighted by Gasteiger charge is -2.30. The standard InChI is InChI=1S/C14H19NO4S2/c1-9-6-10(2)13(7-12(9)14(16)17)21(18,19)15-4-5-20-11(3)8-15/h6-7,11H,4-5,8H2,1-3H3,(H,16,17). The summed E-state index contributed by atoms with van der Waals surface area (Å²) in [6, 6.07) is 2.91. The van der Waals surface area contributed by atoms with Gasteiger partial charge in [0.2, 0.25) is 10.0 Å². The van der Waals surface area contributed by atoms with Crippen molar-refractivity contribution in [3.05, 3.63) is 28.8 Å². The second-order valence-electron chi connectivity index (χ2n) is 5.28. The first-order chi connectivity index (χ1) is 9.73. The van der Waals surface area contributed by atoms with Crippen LogP contribution in [0.5, 0.6) is 0 Å². The number of sulfonamides is 1. The smallest absolute Gasteiger partial charge is 0.335 e. The Balaban J connectivity index is 2.49. The first-order valence-corrected chi connectivity index (χ1v) is 9.18. The maximum absolute atomic E-state index is 12.8. The van der Waals surface area contributed by atoms with Crippen LogP contribution in [0.2, 0.25) is 0 Å². The summed E-state index contributed by atoms with van der Waals surface area (Å²) < 4.78 is 27.0. The van der Waals surface area contributed by atoms with Gasteiger partial charge in [0.25, 0.3) is 0 Å². The number of hydrogen-bond donors (Lipinski definition) is 1. The van der Waals surface area contributed by atoms with Crippen LogP contribution >= 0.6 is 11.8 Å². The molecule has 0 aromatic heterocycles. The molecule has 2 rings (SSSR count). The molecule has 1 unspecified atom stereocenters. The van der Waals surface area contributed by atoms with Gasteiger partial charge in [-0.2, -0.15) is 16.1 Å². The number of aryl methyl sites for hydroxylation is 2. The molecule has 0 aliphatic carbocycles. The summed E-state index contributed by atoms with van der Waals surface area (Å²) in [7, 11) is -3.64. The van der Waals surface area contributed by atoms with Crippen LogP contribution in [-0.2, 0) is 10.0 Å². The van der Waals surface area contributed by atoms with E-state index in [4.69, 9.17) is 0 Å². The molecular formula is C14H19NO4S2. The van der Waals surface area contributed by atoms with E-state index < -0.39 is 16.0 Å². The summed E-state index contributed by atoms with van der Waals surface area (Å²) in [6.07, 6.45) is 0. The minimum atomic E-state index is -3.64. The van der Waals surface area contributed by atoms with E-state index in [1.165, 1.54) is 10.4 Å². The summed E-state index contributed by atoms with van der Waals surface area (Å²) >= 11 is 1.75. The first kappa shape index (κ1) is 16.3. The Morgan fingerprint density at radius 3 is 2.57 bits per heavy atom. The van der Waals surface area contributed by atoms with E-state index in [0.717, 1.165) is 5.75 Å². The lowest BCUT2D eigenvalue weighted by atomic mass is 10.1. The van der Waals surface area contributed by atoms with Gasteiger partial charge in [0.15, 0.2) is 0 Å². The van der Waals surface area contributed by atoms with E-state index in [2.05, 4.69) is 0 Å². The van der Waals surface area contributed by atoms with Crippen LogP contribution < -0.4 is 0 Å². The maximum atomic E-state index is 12.8. The molecule has 1 heterocycles. The van der Waals surface area contributed by atoms with E-state index in [-0.39, 0.29) is 15.7 Å². The minimum absolute atomic E-state index is 0.0404. The molecule has 116 valence electrons. The monoisotopic (exact) mass is 329 g/mol. The van der Waals surface area contributed by atoms with Gasteiger partial charge in [-0.1, -0.05) is 13.0 Å². The molecule has 1 aromatic carbocycles. The molecule has 0 bridgehead atoms. The molecular weight excluding hydrogens is 310 g/mol. The number of hydrogen-bond acceptors (Lipinski definition) is 4. The normalized spacial score (nSPS) is 20.4. The van der Waals surface area contributed by atoms with Crippen LogP contribution in [0.1, 0.15) is 28.4 Å². The molecule has 5 nitrogen and oxygen atoms in total. The van der Waals surface area contributed by atoms with Crippen molar-refractivity contribution >= 4 is 27.8 Å². The number of aromatic carboxylic acids is 1. The zero-order valence-electron chi connectivity index (χ0n) is 12.3. The fourth-order valence-corrected chi connectivity index (χ4v) is 5.47. The van der Waals surface area contributed by atoms with Crippen molar-refractivity contribution < 1.29 is 18.3 Å². The van der Waals surface area contributed by atoms with E-state index in [1.54, 1.807) is 31.7 Å². The molecule has 1 aromatic rings. The number of carbonyl (C=O) groups is 1. The first-order valence-electron chi connectivity index (χ1n) is 6.69. The number of thioether (sulfide) groups is 1. The molecule has 1 aliphatic rings. The topological polar surface area (TPSA) is 74.7 Å². The van der Waals surface area contributed by atoms with Crippen molar-refractivity contribution in [2.75, 3.05) is 18.8 Å². The molecule has 21 heavy (non-hydrogen) atoms. The van der Waals surface area contributed by atoms with E-state index in [9.17, 15) is 18.3 Å². The van der Waals surface area contributed by atoms with Crippen LogP contribution in [-0.4, -0.2) is 47.9 Å². The molecule has 7 heteroatoms. The fraction of sp³-hybridized carbons (Fsp3) is 0.500. The molecule has 0 radical (unpaired) electrons. The summed E-state index contributed by atoms with van der Waals surface area (Å²) in [5.74, 6) is -0.344. The highest BCUT2D eigenvalue weighted by Crippen LogP contribution is 2.27. The number of rotatable bonds is 3. The van der Waals surface area contributed by atoms with Gasteiger partial charge in [-0.25, -0.2) is 13.2 Å². The van der Waals surface area contributed by atoms with Crippen molar-refractivity contribution in [1.29, 1.82) is 0 Å². The molecule has 1 fully saturated rings. The number of carboxylic acids is 1. The Morgan fingerprint density at radius 2 is 2.00 bits per heavy atom. The van der Waals surface area contributed by atoms with E-state index in [0.29, 0.717) is 24.2 Å². The highest BCUT2D eigenvalue weighted by atomic mass is 32.2. The molecule has 1 atom stereocenters.